The van der Waals surface area contributed by atoms with E-state index in [1.807, 2.05) is 66.7 Å². The summed E-state index contributed by atoms with van der Waals surface area (Å²) >= 11 is 7.04. The van der Waals surface area contributed by atoms with Crippen molar-refractivity contribution in [1.29, 1.82) is 0 Å². The summed E-state index contributed by atoms with van der Waals surface area (Å²) in [5.41, 5.74) is 4.15. The summed E-state index contributed by atoms with van der Waals surface area (Å²) in [5.74, 6) is 1.70. The molecular weight excluding hydrogens is 824 g/mol. The third-order valence-corrected chi connectivity index (χ3v) is 7.31. The van der Waals surface area contributed by atoms with Gasteiger partial charge in [0.05, 0.1) is 23.6 Å². The van der Waals surface area contributed by atoms with Crippen LogP contribution in [0.15, 0.2) is 94.0 Å². The van der Waals surface area contributed by atoms with E-state index in [0.29, 0.717) is 6.42 Å². The number of benzene rings is 3. The molecule has 0 aliphatic carbocycles. The molecule has 2 unspecified atom stereocenters. The van der Waals surface area contributed by atoms with Crippen molar-refractivity contribution >= 4 is 43.2 Å². The van der Waals surface area contributed by atoms with Gasteiger partial charge in [-0.05, 0) is 74.3 Å². The minimum absolute atomic E-state index is 0. The number of aliphatic hydroxyl groups is 2. The van der Waals surface area contributed by atoms with Gasteiger partial charge < -0.3 is 24.8 Å². The van der Waals surface area contributed by atoms with Crippen LogP contribution in [0.25, 0.3) is 11.3 Å². The van der Waals surface area contributed by atoms with Gasteiger partial charge in [-0.15, -0.1) is 35.9 Å². The third-order valence-electron chi connectivity index (χ3n) is 6.33. The summed E-state index contributed by atoms with van der Waals surface area (Å²) in [6.45, 7) is 2.60. The van der Waals surface area contributed by atoms with Gasteiger partial charge in [-0.1, -0.05) is 64.3 Å². The number of unbranched alkanes of at least 4 members (excludes halogenated alkanes) is 2. The number of anilines is 2. The molecule has 1 aliphatic heterocycles. The number of rotatable bonds is 9. The number of hydrogen-bond donors (Lipinski definition) is 2. The zero-order valence-corrected chi connectivity index (χ0v) is 27.8. The molecule has 4 aromatic rings. The van der Waals surface area contributed by atoms with Gasteiger partial charge in [0.25, 0.3) is 0 Å². The van der Waals surface area contributed by atoms with E-state index in [1.54, 1.807) is 13.1 Å². The Morgan fingerprint density at radius 2 is 1.54 bits per heavy atom. The molecule has 0 bridgehead atoms. The van der Waals surface area contributed by atoms with E-state index >= 15 is 0 Å². The van der Waals surface area contributed by atoms with Gasteiger partial charge in [-0.2, -0.15) is 0 Å². The summed E-state index contributed by atoms with van der Waals surface area (Å²) in [6.07, 6.45) is 5.13. The van der Waals surface area contributed by atoms with Crippen LogP contribution < -0.4 is 9.64 Å². The summed E-state index contributed by atoms with van der Waals surface area (Å²) < 4.78 is 8.09. The Bertz CT molecular complexity index is 1240. The zero-order valence-electron chi connectivity index (χ0n) is 22.3. The van der Waals surface area contributed by atoms with E-state index in [2.05, 4.69) is 59.9 Å². The molecule has 0 saturated heterocycles. The van der Waals surface area contributed by atoms with Crippen molar-refractivity contribution in [2.45, 2.75) is 58.7 Å². The SMILES string of the molecule is C.CC(O)CC(O)CCCCCN1c2ccc(Br)cc2Oc2cc(Br)ccc21.[Ir].[c-]1ccccc1-c1ccccn1. The number of halogens is 2. The maximum atomic E-state index is 9.88. The Morgan fingerprint density at radius 1 is 0.878 bits per heavy atom. The number of pyridine rings is 1. The van der Waals surface area contributed by atoms with E-state index < -0.39 is 12.2 Å². The minimum Gasteiger partial charge on any atom is -0.453 e. The van der Waals surface area contributed by atoms with E-state index in [-0.39, 0.29) is 27.5 Å². The molecule has 1 radical (unpaired) electrons. The molecular formula is C33H37Br2IrN2O3-. The first kappa shape index (κ1) is 35.1. The Kier molecular flexibility index (Phi) is 15.2. The molecule has 2 atom stereocenters. The predicted molar refractivity (Wildman–Crippen MR) is 171 cm³/mol. The summed E-state index contributed by atoms with van der Waals surface area (Å²) in [5, 5.41) is 19.2. The van der Waals surface area contributed by atoms with E-state index in [0.717, 1.165) is 75.3 Å². The molecule has 2 heterocycles. The fourth-order valence-corrected chi connectivity index (χ4v) is 5.17. The van der Waals surface area contributed by atoms with Crippen LogP contribution in [-0.2, 0) is 20.1 Å². The summed E-state index contributed by atoms with van der Waals surface area (Å²) in [7, 11) is 0. The Hall–Kier alpha value is -2.06. The number of aliphatic hydroxyl groups excluding tert-OH is 2. The van der Waals surface area contributed by atoms with Crippen molar-refractivity contribution in [3.8, 4) is 22.8 Å². The van der Waals surface area contributed by atoms with Crippen molar-refractivity contribution in [2.24, 2.45) is 0 Å². The fraction of sp³-hybridized carbons (Fsp3) is 0.303. The van der Waals surface area contributed by atoms with Crippen molar-refractivity contribution in [3.63, 3.8) is 0 Å². The largest absolute Gasteiger partial charge is 0.453 e. The van der Waals surface area contributed by atoms with Crippen LogP contribution in [0.4, 0.5) is 11.4 Å². The molecule has 5 nitrogen and oxygen atoms in total. The van der Waals surface area contributed by atoms with E-state index in [4.69, 9.17) is 4.74 Å². The average Bonchev–Trinajstić information content (AvgIpc) is 2.93. The van der Waals surface area contributed by atoms with Crippen molar-refractivity contribution in [3.05, 3.63) is 100 Å². The number of ether oxygens (including phenoxy) is 1. The molecule has 0 fully saturated rings. The van der Waals surface area contributed by atoms with Crippen LogP contribution in [0.3, 0.4) is 0 Å². The van der Waals surface area contributed by atoms with Crippen molar-refractivity contribution < 1.29 is 35.1 Å². The molecule has 1 aliphatic rings. The molecule has 1 aromatic heterocycles. The van der Waals surface area contributed by atoms with Gasteiger partial charge in [-0.3, -0.25) is 0 Å². The van der Waals surface area contributed by atoms with E-state index in [9.17, 15) is 10.2 Å². The quantitative estimate of drug-likeness (QED) is 0.130. The van der Waals surface area contributed by atoms with Crippen LogP contribution >= 0.6 is 31.9 Å². The predicted octanol–water partition coefficient (Wildman–Crippen LogP) is 9.33. The fourth-order valence-electron chi connectivity index (χ4n) is 4.49. The maximum absolute atomic E-state index is 9.88. The summed E-state index contributed by atoms with van der Waals surface area (Å²) in [4.78, 5) is 6.52. The molecule has 8 heteroatoms. The van der Waals surface area contributed by atoms with Crippen LogP contribution in [0.2, 0.25) is 0 Å². The van der Waals surface area contributed by atoms with Gasteiger partial charge >= 0.3 is 0 Å². The number of hydrogen-bond acceptors (Lipinski definition) is 5. The van der Waals surface area contributed by atoms with Gasteiger partial charge in [0.15, 0.2) is 11.5 Å². The van der Waals surface area contributed by atoms with Gasteiger partial charge in [-0.25, -0.2) is 0 Å². The van der Waals surface area contributed by atoms with Crippen molar-refractivity contribution in [2.75, 3.05) is 11.4 Å². The molecule has 0 amide bonds. The first-order chi connectivity index (χ1) is 18.9. The maximum Gasteiger partial charge on any atom is 0.152 e. The van der Waals surface area contributed by atoms with E-state index in [1.165, 1.54) is 0 Å². The third kappa shape index (κ3) is 10.6. The zero-order chi connectivity index (χ0) is 27.6. The smallest absolute Gasteiger partial charge is 0.152 e. The van der Waals surface area contributed by atoms with Gasteiger partial charge in [0, 0.05) is 41.8 Å². The van der Waals surface area contributed by atoms with Crippen LogP contribution in [0.5, 0.6) is 11.5 Å². The number of aromatic nitrogens is 1. The normalized spacial score (nSPS) is 12.7. The second-order valence-electron chi connectivity index (χ2n) is 9.56. The Labute approximate surface area is 274 Å². The van der Waals surface area contributed by atoms with Gasteiger partial charge in [0.2, 0.25) is 0 Å². The van der Waals surface area contributed by atoms with Crippen LogP contribution in [-0.4, -0.2) is 33.9 Å². The second-order valence-corrected chi connectivity index (χ2v) is 11.4. The van der Waals surface area contributed by atoms with Crippen LogP contribution in [0.1, 0.15) is 46.5 Å². The molecule has 3 aromatic carbocycles. The summed E-state index contributed by atoms with van der Waals surface area (Å²) in [6, 6.07) is 29.0. The molecule has 5 rings (SSSR count). The second kappa shape index (κ2) is 17.8. The topological polar surface area (TPSA) is 65.8 Å². The van der Waals surface area contributed by atoms with Gasteiger partial charge in [0.1, 0.15) is 0 Å². The number of fused-ring (bicyclic) bond motifs is 2. The molecule has 0 spiro atoms. The average molecular weight is 862 g/mol. The molecule has 0 saturated carbocycles. The number of nitrogens with zero attached hydrogens (tertiary/aromatic N) is 2. The Morgan fingerprint density at radius 3 is 2.10 bits per heavy atom. The minimum atomic E-state index is -0.444. The molecule has 2 N–H and O–H groups in total. The standard InChI is InChI=1S/C21H25Br2NO3.C11H8N.CH4.Ir/c1-14(25)11-17(26)5-3-2-4-10-24-18-8-6-15(22)12-20(18)27-21-13-16(23)7-9-19(21)24;1-2-6-10(7-3-1)11-8-4-5-9-12-11;;/h6-9,12-14,17,25-26H,2-5,10-11H2,1H3;1-6,8-9H;1H4;/q;-1;;. The molecule has 41 heavy (non-hydrogen) atoms. The van der Waals surface area contributed by atoms with Crippen molar-refractivity contribution in [1.82, 2.24) is 4.98 Å². The van der Waals surface area contributed by atoms with Crippen LogP contribution in [0, 0.1) is 6.07 Å². The molecule has 221 valence electrons. The Balaban J connectivity index is 0.000000353. The first-order valence-corrected chi connectivity index (χ1v) is 14.8. The monoisotopic (exact) mass is 860 g/mol. The first-order valence-electron chi connectivity index (χ1n) is 13.2.